The van der Waals surface area contributed by atoms with Crippen LogP contribution in [0.3, 0.4) is 0 Å². The van der Waals surface area contributed by atoms with Gasteiger partial charge in [0.2, 0.25) is 10.0 Å². The van der Waals surface area contributed by atoms with Crippen LogP contribution < -0.4 is 10.0 Å². The first kappa shape index (κ1) is 15.8. The Kier molecular flexibility index (Phi) is 4.78. The number of rotatable bonds is 3. The smallest absolute Gasteiger partial charge is 0.243 e. The predicted octanol–water partition coefficient (Wildman–Crippen LogP) is 2.00. The molecule has 2 atom stereocenters. The molecule has 1 fully saturated rings. The molecule has 2 unspecified atom stereocenters. The Labute approximate surface area is 125 Å². The van der Waals surface area contributed by atoms with E-state index in [1.165, 1.54) is 0 Å². The van der Waals surface area contributed by atoms with Crippen LogP contribution in [0, 0.1) is 17.6 Å². The van der Waals surface area contributed by atoms with Gasteiger partial charge in [-0.25, -0.2) is 21.9 Å². The molecule has 1 aliphatic rings. The highest BCUT2D eigenvalue weighted by atomic mass is 79.9. The van der Waals surface area contributed by atoms with E-state index in [2.05, 4.69) is 26.0 Å². The van der Waals surface area contributed by atoms with E-state index in [-0.39, 0.29) is 16.4 Å². The molecule has 1 aromatic rings. The Hall–Kier alpha value is -0.570. The van der Waals surface area contributed by atoms with Gasteiger partial charge < -0.3 is 5.32 Å². The third-order valence-corrected chi connectivity index (χ3v) is 5.51. The van der Waals surface area contributed by atoms with E-state index in [4.69, 9.17) is 0 Å². The quantitative estimate of drug-likeness (QED) is 0.802. The minimum absolute atomic E-state index is 0.110. The molecule has 0 saturated carbocycles. The summed E-state index contributed by atoms with van der Waals surface area (Å²) in [5.74, 6) is -1.67. The van der Waals surface area contributed by atoms with Crippen molar-refractivity contribution in [1.82, 2.24) is 10.0 Å². The van der Waals surface area contributed by atoms with E-state index < -0.39 is 26.6 Å². The average molecular weight is 369 g/mol. The number of halogens is 3. The molecule has 1 aromatic carbocycles. The van der Waals surface area contributed by atoms with Crippen molar-refractivity contribution in [3.8, 4) is 0 Å². The summed E-state index contributed by atoms with van der Waals surface area (Å²) >= 11 is 2.81. The summed E-state index contributed by atoms with van der Waals surface area (Å²) in [6.07, 6.45) is 0.824. The van der Waals surface area contributed by atoms with Gasteiger partial charge in [-0.05, 0) is 46.9 Å². The summed E-state index contributed by atoms with van der Waals surface area (Å²) < 4.78 is 53.8. The number of hydrogen-bond acceptors (Lipinski definition) is 3. The van der Waals surface area contributed by atoms with Crippen molar-refractivity contribution in [2.75, 3.05) is 13.1 Å². The van der Waals surface area contributed by atoms with Crippen LogP contribution in [-0.2, 0) is 10.0 Å². The molecule has 0 aliphatic carbocycles. The fourth-order valence-corrected chi connectivity index (χ4v) is 3.85. The number of piperidine rings is 1. The molecule has 0 aromatic heterocycles. The zero-order valence-corrected chi connectivity index (χ0v) is 13.2. The molecule has 0 bridgehead atoms. The molecule has 0 amide bonds. The van der Waals surface area contributed by atoms with E-state index in [9.17, 15) is 17.2 Å². The van der Waals surface area contributed by atoms with E-state index >= 15 is 0 Å². The van der Waals surface area contributed by atoms with E-state index in [0.717, 1.165) is 19.0 Å². The second kappa shape index (κ2) is 6.05. The summed E-state index contributed by atoms with van der Waals surface area (Å²) in [5, 5.41) is 3.07. The van der Waals surface area contributed by atoms with Gasteiger partial charge in [0.15, 0.2) is 0 Å². The van der Waals surface area contributed by atoms with Gasteiger partial charge in [0, 0.05) is 12.6 Å². The Morgan fingerprint density at radius 2 is 2.05 bits per heavy atom. The number of hydrogen-bond donors (Lipinski definition) is 2. The van der Waals surface area contributed by atoms with Crippen LogP contribution >= 0.6 is 15.9 Å². The largest absolute Gasteiger partial charge is 0.315 e. The maximum absolute atomic E-state index is 13.7. The van der Waals surface area contributed by atoms with Crippen molar-refractivity contribution in [3.63, 3.8) is 0 Å². The van der Waals surface area contributed by atoms with Gasteiger partial charge in [-0.1, -0.05) is 6.92 Å². The Bertz CT molecular complexity index is 610. The van der Waals surface area contributed by atoms with Gasteiger partial charge in [-0.15, -0.1) is 0 Å². The maximum atomic E-state index is 13.7. The second-order valence-electron chi connectivity index (χ2n) is 4.89. The fraction of sp³-hybridized carbons (Fsp3) is 0.500. The van der Waals surface area contributed by atoms with E-state index in [1.807, 2.05) is 6.92 Å². The van der Waals surface area contributed by atoms with Gasteiger partial charge in [0.05, 0.1) is 4.47 Å². The molecule has 4 nitrogen and oxygen atoms in total. The molecule has 0 radical (unpaired) electrons. The monoisotopic (exact) mass is 368 g/mol. The second-order valence-corrected chi connectivity index (χ2v) is 7.43. The summed E-state index contributed by atoms with van der Waals surface area (Å²) in [5.41, 5.74) is 0. The number of sulfonamides is 1. The average Bonchev–Trinajstić information content (AvgIpc) is 2.36. The summed E-state index contributed by atoms with van der Waals surface area (Å²) in [7, 11) is -4.09. The first-order chi connectivity index (χ1) is 9.31. The molecule has 1 heterocycles. The highest BCUT2D eigenvalue weighted by Gasteiger charge is 2.29. The van der Waals surface area contributed by atoms with Gasteiger partial charge in [-0.3, -0.25) is 0 Å². The highest BCUT2D eigenvalue weighted by molar-refractivity contribution is 9.10. The summed E-state index contributed by atoms with van der Waals surface area (Å²) in [6, 6.07) is 1.16. The standard InChI is InChI=1S/C12H15BrF2N2O2S/c1-7-2-3-16-6-11(7)17-20(18,19)12-5-9(14)8(13)4-10(12)15/h4-5,7,11,16-17H,2-3,6H2,1H3. The van der Waals surface area contributed by atoms with Gasteiger partial charge in [-0.2, -0.15) is 0 Å². The predicted molar refractivity (Wildman–Crippen MR) is 74.8 cm³/mol. The third-order valence-electron chi connectivity index (χ3n) is 3.40. The Morgan fingerprint density at radius 3 is 2.70 bits per heavy atom. The minimum atomic E-state index is -4.09. The summed E-state index contributed by atoms with van der Waals surface area (Å²) in [6.45, 7) is 3.22. The van der Waals surface area contributed by atoms with Crippen molar-refractivity contribution in [2.45, 2.75) is 24.3 Å². The normalized spacial score (nSPS) is 23.8. The van der Waals surface area contributed by atoms with Crippen molar-refractivity contribution in [3.05, 3.63) is 28.2 Å². The molecular formula is C12H15BrF2N2O2S. The fourth-order valence-electron chi connectivity index (χ4n) is 2.12. The van der Waals surface area contributed by atoms with Crippen molar-refractivity contribution in [2.24, 2.45) is 5.92 Å². The van der Waals surface area contributed by atoms with E-state index in [0.29, 0.717) is 12.6 Å². The van der Waals surface area contributed by atoms with Crippen molar-refractivity contribution in [1.29, 1.82) is 0 Å². The highest BCUT2D eigenvalue weighted by Crippen LogP contribution is 2.24. The number of benzene rings is 1. The van der Waals surface area contributed by atoms with Crippen LogP contribution in [0.25, 0.3) is 0 Å². The maximum Gasteiger partial charge on any atom is 0.243 e. The lowest BCUT2D eigenvalue weighted by Gasteiger charge is -2.30. The topological polar surface area (TPSA) is 58.2 Å². The zero-order valence-electron chi connectivity index (χ0n) is 10.8. The Morgan fingerprint density at radius 1 is 1.35 bits per heavy atom. The first-order valence-corrected chi connectivity index (χ1v) is 8.46. The molecular weight excluding hydrogens is 354 g/mol. The molecule has 2 rings (SSSR count). The SMILES string of the molecule is CC1CCNCC1NS(=O)(=O)c1cc(F)c(Br)cc1F. The lowest BCUT2D eigenvalue weighted by Crippen LogP contribution is -2.50. The first-order valence-electron chi connectivity index (χ1n) is 6.19. The molecule has 1 aliphatic heterocycles. The number of nitrogens with one attached hydrogen (secondary N) is 2. The molecule has 2 N–H and O–H groups in total. The molecule has 20 heavy (non-hydrogen) atoms. The van der Waals surface area contributed by atoms with Crippen LogP contribution in [-0.4, -0.2) is 27.5 Å². The van der Waals surface area contributed by atoms with Crippen molar-refractivity contribution < 1.29 is 17.2 Å². The summed E-state index contributed by atoms with van der Waals surface area (Å²) in [4.78, 5) is -0.670. The van der Waals surface area contributed by atoms with Crippen molar-refractivity contribution >= 4 is 26.0 Å². The van der Waals surface area contributed by atoms with Crippen LogP contribution in [0.5, 0.6) is 0 Å². The van der Waals surface area contributed by atoms with Crippen LogP contribution in [0.1, 0.15) is 13.3 Å². The lowest BCUT2D eigenvalue weighted by atomic mass is 9.96. The molecule has 8 heteroatoms. The molecule has 112 valence electrons. The van der Waals surface area contributed by atoms with Gasteiger partial charge in [0.25, 0.3) is 0 Å². The minimum Gasteiger partial charge on any atom is -0.315 e. The van der Waals surface area contributed by atoms with Gasteiger partial charge in [0.1, 0.15) is 16.5 Å². The molecule has 0 spiro atoms. The molecule has 1 saturated heterocycles. The zero-order chi connectivity index (χ0) is 14.9. The van der Waals surface area contributed by atoms with E-state index in [1.54, 1.807) is 0 Å². The van der Waals surface area contributed by atoms with Crippen LogP contribution in [0.4, 0.5) is 8.78 Å². The van der Waals surface area contributed by atoms with Crippen LogP contribution in [0.2, 0.25) is 0 Å². The van der Waals surface area contributed by atoms with Crippen LogP contribution in [0.15, 0.2) is 21.5 Å². The third kappa shape index (κ3) is 3.36. The van der Waals surface area contributed by atoms with Gasteiger partial charge >= 0.3 is 0 Å². The Balaban J connectivity index is 2.28. The lowest BCUT2D eigenvalue weighted by molar-refractivity contribution is 0.326.